The first-order valence-corrected chi connectivity index (χ1v) is 4.85. The van der Waals surface area contributed by atoms with E-state index in [4.69, 9.17) is 12.2 Å². The zero-order chi connectivity index (χ0) is 9.54. The van der Waals surface area contributed by atoms with E-state index in [2.05, 4.69) is 29.2 Å². The first kappa shape index (κ1) is 7.76. The van der Waals surface area contributed by atoms with Crippen LogP contribution < -0.4 is 0 Å². The number of nitrogens with zero attached hydrogens (tertiary/aromatic N) is 1. The predicted octanol–water partition coefficient (Wildman–Crippen LogP) is 3.15. The second-order valence-corrected chi connectivity index (χ2v) is 3.63. The van der Waals surface area contributed by atoms with E-state index in [0.29, 0.717) is 0 Å². The molecule has 0 saturated heterocycles. The van der Waals surface area contributed by atoms with Crippen molar-refractivity contribution in [3.05, 3.63) is 47.4 Å². The van der Waals surface area contributed by atoms with Crippen molar-refractivity contribution in [2.75, 3.05) is 0 Å². The molecule has 0 radical (unpaired) electrons. The quantitative estimate of drug-likeness (QED) is 0.553. The van der Waals surface area contributed by atoms with Gasteiger partial charge >= 0.3 is 0 Å². The summed E-state index contributed by atoms with van der Waals surface area (Å²) < 4.78 is 2.79. The van der Waals surface area contributed by atoms with Crippen molar-refractivity contribution >= 4 is 28.6 Å². The third-order valence-electron chi connectivity index (χ3n) is 2.42. The van der Waals surface area contributed by atoms with Gasteiger partial charge in [-0.25, -0.2) is 0 Å². The summed E-state index contributed by atoms with van der Waals surface area (Å²) in [6.45, 7) is 0. The zero-order valence-electron chi connectivity index (χ0n) is 7.40. The summed E-state index contributed by atoms with van der Waals surface area (Å²) in [6, 6.07) is 12.4. The summed E-state index contributed by atoms with van der Waals surface area (Å²) in [4.78, 5) is 3.05. The van der Waals surface area contributed by atoms with E-state index in [1.165, 1.54) is 5.39 Å². The average Bonchev–Trinajstić information content (AvgIpc) is 2.61. The number of rotatable bonds is 0. The van der Waals surface area contributed by atoms with Crippen molar-refractivity contribution in [3.63, 3.8) is 0 Å². The van der Waals surface area contributed by atoms with Crippen molar-refractivity contribution in [2.24, 2.45) is 0 Å². The lowest BCUT2D eigenvalue weighted by molar-refractivity contribution is 1.17. The van der Waals surface area contributed by atoms with Crippen LogP contribution >= 0.6 is 12.2 Å². The highest BCUT2D eigenvalue weighted by Gasteiger charge is 1.99. The molecule has 0 spiro atoms. The van der Waals surface area contributed by atoms with Crippen LogP contribution in [0.1, 0.15) is 0 Å². The van der Waals surface area contributed by atoms with Gasteiger partial charge in [-0.05, 0) is 29.7 Å². The van der Waals surface area contributed by atoms with Crippen LogP contribution in [0.4, 0.5) is 0 Å². The molecule has 0 amide bonds. The number of para-hydroxylation sites is 1. The minimum atomic E-state index is 0.747. The van der Waals surface area contributed by atoms with Gasteiger partial charge < -0.3 is 4.98 Å². The number of aromatic nitrogens is 2. The first-order chi connectivity index (χ1) is 6.86. The highest BCUT2D eigenvalue weighted by Crippen LogP contribution is 2.16. The zero-order valence-corrected chi connectivity index (χ0v) is 8.21. The molecule has 2 aromatic heterocycles. The standard InChI is InChI=1S/C11H8N2S/c14-11-12-7-9-6-5-8-3-1-2-4-10(8)13(9)11/h1-7H,(H,12,14). The summed E-state index contributed by atoms with van der Waals surface area (Å²) in [5.74, 6) is 0. The second-order valence-electron chi connectivity index (χ2n) is 3.25. The van der Waals surface area contributed by atoms with Crippen molar-refractivity contribution in [1.82, 2.24) is 9.38 Å². The van der Waals surface area contributed by atoms with Gasteiger partial charge in [0.15, 0.2) is 4.77 Å². The molecule has 0 bridgehead atoms. The van der Waals surface area contributed by atoms with Crippen LogP contribution in [0.3, 0.4) is 0 Å². The van der Waals surface area contributed by atoms with Crippen LogP contribution in [0.25, 0.3) is 16.4 Å². The number of benzene rings is 1. The minimum Gasteiger partial charge on any atom is -0.336 e. The maximum Gasteiger partial charge on any atom is 0.182 e. The fourth-order valence-electron chi connectivity index (χ4n) is 1.76. The van der Waals surface area contributed by atoms with E-state index in [9.17, 15) is 0 Å². The Morgan fingerprint density at radius 3 is 2.86 bits per heavy atom. The van der Waals surface area contributed by atoms with Crippen molar-refractivity contribution < 1.29 is 0 Å². The fourth-order valence-corrected chi connectivity index (χ4v) is 2.02. The van der Waals surface area contributed by atoms with Gasteiger partial charge in [-0.1, -0.05) is 24.3 Å². The largest absolute Gasteiger partial charge is 0.336 e. The number of pyridine rings is 1. The number of hydrogen-bond donors (Lipinski definition) is 1. The van der Waals surface area contributed by atoms with Gasteiger partial charge in [-0.2, -0.15) is 0 Å². The van der Waals surface area contributed by atoms with Gasteiger partial charge in [0.05, 0.1) is 11.0 Å². The smallest absolute Gasteiger partial charge is 0.182 e. The first-order valence-electron chi connectivity index (χ1n) is 4.44. The van der Waals surface area contributed by atoms with Gasteiger partial charge in [0.1, 0.15) is 0 Å². The average molecular weight is 200 g/mol. The minimum absolute atomic E-state index is 0.747. The summed E-state index contributed by atoms with van der Waals surface area (Å²) in [5, 5.41) is 1.20. The lowest BCUT2D eigenvalue weighted by atomic mass is 10.2. The molecule has 3 rings (SSSR count). The Hall–Kier alpha value is -1.61. The maximum absolute atomic E-state index is 5.22. The molecule has 0 aliphatic heterocycles. The van der Waals surface area contributed by atoms with Gasteiger partial charge in [0.25, 0.3) is 0 Å². The molecule has 2 nitrogen and oxygen atoms in total. The fraction of sp³-hybridized carbons (Fsp3) is 0. The van der Waals surface area contributed by atoms with E-state index in [0.717, 1.165) is 15.8 Å². The molecule has 3 aromatic rings. The van der Waals surface area contributed by atoms with E-state index in [1.54, 1.807) is 0 Å². The van der Waals surface area contributed by atoms with Crippen molar-refractivity contribution in [1.29, 1.82) is 0 Å². The van der Waals surface area contributed by atoms with E-state index < -0.39 is 0 Å². The van der Waals surface area contributed by atoms with Crippen molar-refractivity contribution in [2.45, 2.75) is 0 Å². The van der Waals surface area contributed by atoms with Crippen LogP contribution in [-0.2, 0) is 0 Å². The van der Waals surface area contributed by atoms with Crippen LogP contribution in [0, 0.1) is 4.77 Å². The molecule has 0 saturated carbocycles. The van der Waals surface area contributed by atoms with Gasteiger partial charge in [0.2, 0.25) is 0 Å². The molecule has 1 N–H and O–H groups in total. The van der Waals surface area contributed by atoms with Crippen LogP contribution in [-0.4, -0.2) is 9.38 Å². The number of aromatic amines is 1. The Morgan fingerprint density at radius 2 is 1.93 bits per heavy atom. The third kappa shape index (κ3) is 0.930. The maximum atomic E-state index is 5.22. The summed E-state index contributed by atoms with van der Waals surface area (Å²) >= 11 is 5.22. The van der Waals surface area contributed by atoms with Crippen LogP contribution in [0.2, 0.25) is 0 Å². The molecule has 0 unspecified atom stereocenters. The Bertz CT molecular complexity index is 663. The SMILES string of the molecule is S=c1[nH]cc2ccc3ccccc3n12. The normalized spacial score (nSPS) is 11.1. The molecule has 2 heterocycles. The highest BCUT2D eigenvalue weighted by atomic mass is 32.1. The predicted molar refractivity (Wildman–Crippen MR) is 60.1 cm³/mol. The Balaban J connectivity index is 2.72. The van der Waals surface area contributed by atoms with E-state index in [1.807, 2.05) is 22.7 Å². The third-order valence-corrected chi connectivity index (χ3v) is 2.72. The topological polar surface area (TPSA) is 20.2 Å². The molecule has 1 aromatic carbocycles. The van der Waals surface area contributed by atoms with E-state index in [-0.39, 0.29) is 0 Å². The number of fused-ring (bicyclic) bond motifs is 3. The summed E-state index contributed by atoms with van der Waals surface area (Å²) in [5.41, 5.74) is 2.25. The highest BCUT2D eigenvalue weighted by molar-refractivity contribution is 7.71. The molecular formula is C11H8N2S. The molecule has 3 heteroatoms. The molecule has 68 valence electrons. The second kappa shape index (κ2) is 2.69. The number of imidazole rings is 1. The summed E-state index contributed by atoms with van der Waals surface area (Å²) in [6.07, 6.45) is 1.93. The van der Waals surface area contributed by atoms with Gasteiger partial charge in [-0.15, -0.1) is 0 Å². The van der Waals surface area contributed by atoms with E-state index >= 15 is 0 Å². The lowest BCUT2D eigenvalue weighted by Gasteiger charge is -2.00. The Labute approximate surface area is 85.8 Å². The Morgan fingerprint density at radius 1 is 1.07 bits per heavy atom. The molecular weight excluding hydrogens is 192 g/mol. The number of H-pyrrole nitrogens is 1. The lowest BCUT2D eigenvalue weighted by Crippen LogP contribution is -1.86. The van der Waals surface area contributed by atoms with Crippen LogP contribution in [0.5, 0.6) is 0 Å². The van der Waals surface area contributed by atoms with Crippen molar-refractivity contribution in [3.8, 4) is 0 Å². The van der Waals surface area contributed by atoms with Gasteiger partial charge in [0, 0.05) is 6.20 Å². The Kier molecular flexibility index (Phi) is 1.49. The number of nitrogens with one attached hydrogen (secondary N) is 1. The monoisotopic (exact) mass is 200 g/mol. The molecule has 0 fully saturated rings. The van der Waals surface area contributed by atoms with Gasteiger partial charge in [-0.3, -0.25) is 4.40 Å². The molecule has 0 atom stereocenters. The number of hydrogen-bond acceptors (Lipinski definition) is 1. The van der Waals surface area contributed by atoms with Crippen LogP contribution in [0.15, 0.2) is 42.6 Å². The molecule has 14 heavy (non-hydrogen) atoms. The molecule has 0 aliphatic carbocycles. The summed E-state index contributed by atoms with van der Waals surface area (Å²) in [7, 11) is 0. The molecule has 0 aliphatic rings.